The van der Waals surface area contributed by atoms with E-state index in [1.807, 2.05) is 44.2 Å². The van der Waals surface area contributed by atoms with Crippen LogP contribution in [0.15, 0.2) is 59.9 Å². The summed E-state index contributed by atoms with van der Waals surface area (Å²) < 4.78 is 10.8. The number of ether oxygens (including phenoxy) is 2. The Balaban J connectivity index is 1.76. The zero-order valence-corrected chi connectivity index (χ0v) is 21.3. The van der Waals surface area contributed by atoms with Crippen molar-refractivity contribution in [3.05, 3.63) is 76.0 Å². The number of aliphatic hydroxyl groups excluding tert-OH is 1. The number of phenolic OH excluding ortho intramolecular Hbond substituents is 1. The molecule has 0 saturated carbocycles. The maximum atomic E-state index is 13.8. The molecule has 1 atom stereocenters. The topological polar surface area (TPSA) is 109 Å². The lowest BCUT2D eigenvalue weighted by molar-refractivity contribution is -0.130. The highest BCUT2D eigenvalue weighted by Crippen LogP contribution is 2.42. The fourth-order valence-electron chi connectivity index (χ4n) is 4.16. The molecule has 9 heteroatoms. The zero-order chi connectivity index (χ0) is 26.0. The van der Waals surface area contributed by atoms with Crippen molar-refractivity contribution in [2.45, 2.75) is 32.9 Å². The normalized spacial score (nSPS) is 15.8. The van der Waals surface area contributed by atoms with Crippen LogP contribution in [0.2, 0.25) is 0 Å². The molecule has 0 fully saturated rings. The fraction of sp³-hybridized carbons (Fsp3) is 0.296. The van der Waals surface area contributed by atoms with Crippen molar-refractivity contribution in [1.82, 2.24) is 9.88 Å². The summed E-state index contributed by atoms with van der Waals surface area (Å²) >= 11 is 1.21. The van der Waals surface area contributed by atoms with Crippen LogP contribution in [0.1, 0.15) is 40.8 Å². The van der Waals surface area contributed by atoms with Gasteiger partial charge in [-0.1, -0.05) is 36.4 Å². The number of ketones is 1. The predicted molar refractivity (Wildman–Crippen MR) is 136 cm³/mol. The van der Waals surface area contributed by atoms with Gasteiger partial charge in [0.05, 0.1) is 42.0 Å². The highest BCUT2D eigenvalue weighted by molar-refractivity contribution is 7.17. The van der Waals surface area contributed by atoms with Crippen LogP contribution in [0.5, 0.6) is 11.5 Å². The number of hydrogen-bond donors (Lipinski definition) is 2. The van der Waals surface area contributed by atoms with Crippen LogP contribution in [-0.2, 0) is 9.53 Å². The lowest BCUT2D eigenvalue weighted by Gasteiger charge is -2.27. The third-order valence-corrected chi connectivity index (χ3v) is 7.08. The second-order valence-corrected chi connectivity index (χ2v) is 9.64. The second kappa shape index (κ2) is 10.5. The minimum Gasteiger partial charge on any atom is -0.504 e. The number of thiazole rings is 1. The molecule has 4 rings (SSSR count). The van der Waals surface area contributed by atoms with Gasteiger partial charge in [-0.3, -0.25) is 9.59 Å². The van der Waals surface area contributed by atoms with E-state index in [4.69, 9.17) is 9.47 Å². The zero-order valence-electron chi connectivity index (χ0n) is 20.5. The number of aliphatic hydroxyl groups is 1. The molecule has 2 heterocycles. The number of rotatable bonds is 9. The first-order chi connectivity index (χ1) is 17.2. The highest BCUT2D eigenvalue weighted by Gasteiger charge is 2.44. The van der Waals surface area contributed by atoms with E-state index in [2.05, 4.69) is 4.98 Å². The van der Waals surface area contributed by atoms with Crippen LogP contribution in [0.4, 0.5) is 0 Å². The average molecular weight is 509 g/mol. The van der Waals surface area contributed by atoms with Gasteiger partial charge < -0.3 is 24.6 Å². The van der Waals surface area contributed by atoms with Crippen molar-refractivity contribution in [3.63, 3.8) is 0 Å². The minimum absolute atomic E-state index is 0.0508. The Morgan fingerprint density at radius 1 is 1.17 bits per heavy atom. The van der Waals surface area contributed by atoms with E-state index in [0.717, 1.165) is 5.56 Å². The van der Waals surface area contributed by atoms with Gasteiger partial charge in [0.1, 0.15) is 5.01 Å². The standard InChI is InChI=1S/C27H28N2O6S/c1-15(2)35-13-12-29-22(18-10-11-20(34-4)19(30)14-18)21(24(32)27(29)33)23(31)25-16(3)28-26(36-25)17-8-6-5-7-9-17/h5-11,14-15,22,30,32H,12-13H2,1-4H3. The number of phenols is 1. The molecular formula is C27H28N2O6S. The number of nitrogens with zero attached hydrogens (tertiary/aromatic N) is 2. The van der Waals surface area contributed by atoms with E-state index in [9.17, 15) is 19.8 Å². The Labute approximate surface area is 213 Å². The van der Waals surface area contributed by atoms with Crippen molar-refractivity contribution in [2.24, 2.45) is 0 Å². The first kappa shape index (κ1) is 25.4. The van der Waals surface area contributed by atoms with Crippen molar-refractivity contribution in [2.75, 3.05) is 20.3 Å². The summed E-state index contributed by atoms with van der Waals surface area (Å²) in [6, 6.07) is 13.2. The van der Waals surface area contributed by atoms with Crippen LogP contribution < -0.4 is 4.74 Å². The number of Topliss-reactive ketones (excluding diaryl/α,β-unsaturated/α-hetero) is 1. The van der Waals surface area contributed by atoms with E-state index in [1.54, 1.807) is 19.1 Å². The molecule has 0 radical (unpaired) electrons. The number of aromatic hydroxyl groups is 1. The Bertz CT molecular complexity index is 1320. The summed E-state index contributed by atoms with van der Waals surface area (Å²) in [5.74, 6) is -1.65. The minimum atomic E-state index is -0.917. The van der Waals surface area contributed by atoms with Crippen molar-refractivity contribution in [1.29, 1.82) is 0 Å². The average Bonchev–Trinajstić information content (AvgIpc) is 3.37. The van der Waals surface area contributed by atoms with E-state index in [-0.39, 0.29) is 36.3 Å². The third kappa shape index (κ3) is 4.84. The number of carbonyl (C=O) groups is 2. The molecule has 0 bridgehead atoms. The number of carbonyl (C=O) groups excluding carboxylic acids is 2. The quantitative estimate of drug-likeness (QED) is 0.398. The monoisotopic (exact) mass is 508 g/mol. The number of methoxy groups -OCH3 is 1. The van der Waals surface area contributed by atoms with E-state index in [1.165, 1.54) is 29.4 Å². The first-order valence-electron chi connectivity index (χ1n) is 11.5. The maximum Gasteiger partial charge on any atom is 0.290 e. The Morgan fingerprint density at radius 3 is 2.53 bits per heavy atom. The van der Waals surface area contributed by atoms with Gasteiger partial charge in [0, 0.05) is 12.1 Å². The molecule has 36 heavy (non-hydrogen) atoms. The molecule has 2 N–H and O–H groups in total. The molecule has 1 aromatic heterocycles. The smallest absolute Gasteiger partial charge is 0.290 e. The fourth-order valence-corrected chi connectivity index (χ4v) is 5.19. The largest absolute Gasteiger partial charge is 0.504 e. The summed E-state index contributed by atoms with van der Waals surface area (Å²) in [6.45, 7) is 5.85. The van der Waals surface area contributed by atoms with Crippen molar-refractivity contribution < 1.29 is 29.3 Å². The molecule has 0 aliphatic carbocycles. The Hall–Kier alpha value is -3.69. The lowest BCUT2D eigenvalue weighted by atomic mass is 9.94. The molecule has 188 valence electrons. The lowest BCUT2D eigenvalue weighted by Crippen LogP contribution is -2.34. The molecule has 0 saturated heterocycles. The molecule has 1 unspecified atom stereocenters. The van der Waals surface area contributed by atoms with Crippen LogP contribution in [0, 0.1) is 6.92 Å². The van der Waals surface area contributed by atoms with E-state index < -0.39 is 23.5 Å². The number of benzene rings is 2. The number of hydrogen-bond acceptors (Lipinski definition) is 8. The molecule has 1 aliphatic heterocycles. The molecule has 2 aromatic carbocycles. The summed E-state index contributed by atoms with van der Waals surface area (Å²) in [5.41, 5.74) is 1.79. The molecular weight excluding hydrogens is 480 g/mol. The first-order valence-corrected chi connectivity index (χ1v) is 12.3. The van der Waals surface area contributed by atoms with Crippen molar-refractivity contribution >= 4 is 23.0 Å². The van der Waals surface area contributed by atoms with E-state index in [0.29, 0.717) is 21.1 Å². The number of aromatic nitrogens is 1. The van der Waals surface area contributed by atoms with Gasteiger partial charge in [-0.05, 0) is 38.5 Å². The summed E-state index contributed by atoms with van der Waals surface area (Å²) in [7, 11) is 1.43. The summed E-state index contributed by atoms with van der Waals surface area (Å²) in [5, 5.41) is 22.0. The van der Waals surface area contributed by atoms with Gasteiger partial charge in [-0.25, -0.2) is 4.98 Å². The Morgan fingerprint density at radius 2 is 1.89 bits per heavy atom. The van der Waals surface area contributed by atoms with Crippen molar-refractivity contribution in [3.8, 4) is 22.1 Å². The van der Waals surface area contributed by atoms with Gasteiger partial charge in [0.2, 0.25) is 5.78 Å². The number of amides is 1. The van der Waals surface area contributed by atoms with Gasteiger partial charge >= 0.3 is 0 Å². The van der Waals surface area contributed by atoms with Gasteiger partial charge in [-0.15, -0.1) is 11.3 Å². The SMILES string of the molecule is COc1ccc(C2C(C(=O)c3sc(-c4ccccc4)nc3C)=C(O)C(=O)N2CCOC(C)C)cc1O. The second-order valence-electron chi connectivity index (χ2n) is 8.64. The summed E-state index contributed by atoms with van der Waals surface area (Å²) in [4.78, 5) is 33.3. The number of aryl methyl sites for hydroxylation is 1. The highest BCUT2D eigenvalue weighted by atomic mass is 32.1. The maximum absolute atomic E-state index is 13.8. The van der Waals surface area contributed by atoms with Gasteiger partial charge in [-0.2, -0.15) is 0 Å². The molecule has 0 spiro atoms. The third-order valence-electron chi connectivity index (χ3n) is 5.87. The van der Waals surface area contributed by atoms with Gasteiger partial charge in [0.25, 0.3) is 5.91 Å². The molecule has 3 aromatic rings. The van der Waals surface area contributed by atoms with Crippen LogP contribution in [0.3, 0.4) is 0 Å². The van der Waals surface area contributed by atoms with Crippen LogP contribution >= 0.6 is 11.3 Å². The van der Waals surface area contributed by atoms with Crippen LogP contribution in [0.25, 0.3) is 10.6 Å². The molecule has 1 amide bonds. The molecule has 1 aliphatic rings. The Kier molecular flexibility index (Phi) is 7.42. The van der Waals surface area contributed by atoms with Crippen LogP contribution in [-0.4, -0.2) is 58.2 Å². The molecule has 8 nitrogen and oxygen atoms in total. The van der Waals surface area contributed by atoms with Gasteiger partial charge in [0.15, 0.2) is 17.3 Å². The predicted octanol–water partition coefficient (Wildman–Crippen LogP) is 4.84. The van der Waals surface area contributed by atoms with E-state index >= 15 is 0 Å². The summed E-state index contributed by atoms with van der Waals surface area (Å²) in [6.07, 6.45) is -0.0508.